The maximum atomic E-state index is 12.5. The lowest BCUT2D eigenvalue weighted by Gasteiger charge is -2.46. The number of rotatable bonds is 4. The molecule has 144 valence electrons. The number of amides is 1. The van der Waals surface area contributed by atoms with Crippen molar-refractivity contribution < 1.29 is 18.7 Å². The molecule has 5 nitrogen and oxygen atoms in total. The van der Waals surface area contributed by atoms with Crippen molar-refractivity contribution in [1.29, 1.82) is 0 Å². The van der Waals surface area contributed by atoms with Gasteiger partial charge in [-0.1, -0.05) is 12.1 Å². The normalized spacial score (nSPS) is 22.0. The Morgan fingerprint density at radius 3 is 2.67 bits per heavy atom. The molecule has 2 aliphatic heterocycles. The Labute approximate surface area is 160 Å². The van der Waals surface area contributed by atoms with Crippen LogP contribution in [-0.4, -0.2) is 43.2 Å². The Balaban J connectivity index is 1.34. The monoisotopic (exact) mass is 369 g/mol. The number of benzene rings is 1. The molecule has 2 fully saturated rings. The molecular weight excluding hydrogens is 342 g/mol. The van der Waals surface area contributed by atoms with E-state index in [9.17, 15) is 4.79 Å². The van der Waals surface area contributed by atoms with Crippen molar-refractivity contribution in [2.75, 3.05) is 26.8 Å². The van der Waals surface area contributed by atoms with E-state index in [2.05, 4.69) is 12.1 Å². The lowest BCUT2D eigenvalue weighted by atomic mass is 9.77. The van der Waals surface area contributed by atoms with Gasteiger partial charge in [0.25, 0.3) is 5.91 Å². The molecule has 0 N–H and O–H groups in total. The molecule has 3 heterocycles. The van der Waals surface area contributed by atoms with Gasteiger partial charge in [0.15, 0.2) is 5.76 Å². The van der Waals surface area contributed by atoms with E-state index in [0.717, 1.165) is 57.6 Å². The van der Waals surface area contributed by atoms with Crippen LogP contribution in [-0.2, 0) is 11.2 Å². The van der Waals surface area contributed by atoms with Crippen LogP contribution in [0.2, 0.25) is 0 Å². The van der Waals surface area contributed by atoms with Gasteiger partial charge in [0.05, 0.1) is 19.0 Å². The molecule has 1 amide bonds. The highest BCUT2D eigenvalue weighted by Gasteiger charge is 2.41. The SMILES string of the molecule is COc1ccc(CC2CCOC3(CCN(C(=O)c4ccco4)CC3)C2)cc1. The minimum absolute atomic E-state index is 0.0135. The molecule has 0 aliphatic carbocycles. The van der Waals surface area contributed by atoms with Gasteiger partial charge >= 0.3 is 0 Å². The number of methoxy groups -OCH3 is 1. The first-order valence-electron chi connectivity index (χ1n) is 9.77. The number of carbonyl (C=O) groups excluding carboxylic acids is 1. The van der Waals surface area contributed by atoms with Crippen LogP contribution in [0.15, 0.2) is 47.1 Å². The maximum Gasteiger partial charge on any atom is 0.289 e. The molecule has 2 aliphatic rings. The Kier molecular flexibility index (Phi) is 5.21. The highest BCUT2D eigenvalue weighted by Crippen LogP contribution is 2.39. The molecule has 1 spiro atoms. The molecule has 0 bridgehead atoms. The van der Waals surface area contributed by atoms with Crippen molar-refractivity contribution in [3.05, 3.63) is 54.0 Å². The molecule has 5 heteroatoms. The molecule has 0 radical (unpaired) electrons. The van der Waals surface area contributed by atoms with E-state index in [0.29, 0.717) is 11.7 Å². The second-order valence-corrected chi connectivity index (χ2v) is 7.71. The molecule has 4 rings (SSSR count). The number of furan rings is 1. The Morgan fingerprint density at radius 1 is 1.22 bits per heavy atom. The summed E-state index contributed by atoms with van der Waals surface area (Å²) >= 11 is 0. The molecule has 0 saturated carbocycles. The lowest BCUT2D eigenvalue weighted by molar-refractivity contribution is -0.123. The second kappa shape index (κ2) is 7.77. The first kappa shape index (κ1) is 18.1. The lowest BCUT2D eigenvalue weighted by Crippen LogP contribution is -2.51. The van der Waals surface area contributed by atoms with Crippen molar-refractivity contribution in [2.45, 2.75) is 37.7 Å². The summed E-state index contributed by atoms with van der Waals surface area (Å²) in [5.41, 5.74) is 1.28. The minimum Gasteiger partial charge on any atom is -0.497 e. The van der Waals surface area contributed by atoms with Crippen LogP contribution in [0.1, 0.15) is 41.8 Å². The predicted molar refractivity (Wildman–Crippen MR) is 102 cm³/mol. The molecule has 2 aromatic rings. The number of carbonyl (C=O) groups is 1. The van der Waals surface area contributed by atoms with Crippen LogP contribution in [0, 0.1) is 5.92 Å². The van der Waals surface area contributed by atoms with Crippen LogP contribution in [0.25, 0.3) is 0 Å². The fraction of sp³-hybridized carbons (Fsp3) is 0.500. The van der Waals surface area contributed by atoms with Gasteiger partial charge in [-0.15, -0.1) is 0 Å². The third-order valence-electron chi connectivity index (χ3n) is 5.97. The minimum atomic E-state index is -0.0741. The Bertz CT molecular complexity index is 745. The third-order valence-corrected chi connectivity index (χ3v) is 5.97. The standard InChI is InChI=1S/C22H27NO4/c1-25-19-6-4-17(5-7-19)15-18-8-14-27-22(16-18)9-11-23(12-10-22)21(24)20-3-2-13-26-20/h2-7,13,18H,8-12,14-16H2,1H3. The Morgan fingerprint density at radius 2 is 2.00 bits per heavy atom. The fourth-order valence-corrected chi connectivity index (χ4v) is 4.42. The number of likely N-dealkylation sites (tertiary alicyclic amines) is 1. The molecule has 1 aromatic heterocycles. The summed E-state index contributed by atoms with van der Waals surface area (Å²) in [5.74, 6) is 1.93. The van der Waals surface area contributed by atoms with E-state index in [-0.39, 0.29) is 11.5 Å². The first-order valence-corrected chi connectivity index (χ1v) is 9.77. The second-order valence-electron chi connectivity index (χ2n) is 7.71. The van der Waals surface area contributed by atoms with Crippen LogP contribution in [0.3, 0.4) is 0 Å². The zero-order valence-electron chi connectivity index (χ0n) is 15.9. The van der Waals surface area contributed by atoms with Gasteiger partial charge in [0.2, 0.25) is 0 Å². The van der Waals surface area contributed by atoms with Gasteiger partial charge in [0, 0.05) is 19.7 Å². The zero-order valence-corrected chi connectivity index (χ0v) is 15.9. The highest BCUT2D eigenvalue weighted by molar-refractivity contribution is 5.91. The summed E-state index contributed by atoms with van der Waals surface area (Å²) in [5, 5.41) is 0. The van der Waals surface area contributed by atoms with Crippen LogP contribution in [0.4, 0.5) is 0 Å². The van der Waals surface area contributed by atoms with Crippen molar-refractivity contribution in [3.8, 4) is 5.75 Å². The largest absolute Gasteiger partial charge is 0.497 e. The summed E-state index contributed by atoms with van der Waals surface area (Å²) in [6, 6.07) is 11.9. The van der Waals surface area contributed by atoms with Crippen molar-refractivity contribution in [1.82, 2.24) is 4.90 Å². The third kappa shape index (κ3) is 4.03. The van der Waals surface area contributed by atoms with Crippen molar-refractivity contribution >= 4 is 5.91 Å². The predicted octanol–water partition coefficient (Wildman–Crippen LogP) is 3.93. The Hall–Kier alpha value is -2.27. The van der Waals surface area contributed by atoms with Crippen LogP contribution < -0.4 is 4.74 Å². The highest BCUT2D eigenvalue weighted by atomic mass is 16.5. The van der Waals surface area contributed by atoms with Gasteiger partial charge in [-0.2, -0.15) is 0 Å². The van der Waals surface area contributed by atoms with E-state index in [1.165, 1.54) is 5.56 Å². The zero-order chi connectivity index (χ0) is 18.7. The molecular formula is C22H27NO4. The summed E-state index contributed by atoms with van der Waals surface area (Å²) in [6.45, 7) is 2.27. The molecule has 1 aromatic carbocycles. The number of nitrogens with zero attached hydrogens (tertiary/aromatic N) is 1. The van der Waals surface area contributed by atoms with E-state index in [4.69, 9.17) is 13.9 Å². The summed E-state index contributed by atoms with van der Waals surface area (Å²) < 4.78 is 16.7. The maximum absolute atomic E-state index is 12.5. The van der Waals surface area contributed by atoms with E-state index >= 15 is 0 Å². The van der Waals surface area contributed by atoms with Gasteiger partial charge in [-0.25, -0.2) is 0 Å². The van der Waals surface area contributed by atoms with Gasteiger partial charge in [-0.05, 0) is 67.9 Å². The first-order chi connectivity index (χ1) is 13.2. The van der Waals surface area contributed by atoms with Crippen molar-refractivity contribution in [3.63, 3.8) is 0 Å². The fourth-order valence-electron chi connectivity index (χ4n) is 4.42. The number of hydrogen-bond donors (Lipinski definition) is 0. The molecule has 1 unspecified atom stereocenters. The number of piperidine rings is 1. The smallest absolute Gasteiger partial charge is 0.289 e. The topological polar surface area (TPSA) is 51.9 Å². The summed E-state index contributed by atoms with van der Waals surface area (Å²) in [4.78, 5) is 14.4. The van der Waals surface area contributed by atoms with Gasteiger partial charge < -0.3 is 18.8 Å². The molecule has 27 heavy (non-hydrogen) atoms. The van der Waals surface area contributed by atoms with Gasteiger partial charge in [0.1, 0.15) is 5.75 Å². The summed E-state index contributed by atoms with van der Waals surface area (Å²) in [7, 11) is 1.69. The van der Waals surface area contributed by atoms with Crippen molar-refractivity contribution in [2.24, 2.45) is 5.92 Å². The number of hydrogen-bond acceptors (Lipinski definition) is 4. The van der Waals surface area contributed by atoms with E-state index in [1.807, 2.05) is 17.0 Å². The molecule has 2 saturated heterocycles. The molecule has 1 atom stereocenters. The number of ether oxygens (including phenoxy) is 2. The quantitative estimate of drug-likeness (QED) is 0.819. The van der Waals surface area contributed by atoms with Crippen LogP contribution >= 0.6 is 0 Å². The van der Waals surface area contributed by atoms with Crippen LogP contribution in [0.5, 0.6) is 5.75 Å². The van der Waals surface area contributed by atoms with E-state index < -0.39 is 0 Å². The van der Waals surface area contributed by atoms with E-state index in [1.54, 1.807) is 25.5 Å². The average molecular weight is 369 g/mol. The summed E-state index contributed by atoms with van der Waals surface area (Å²) in [6.07, 6.45) is 6.60. The average Bonchev–Trinajstić information content (AvgIpc) is 3.24. The van der Waals surface area contributed by atoms with Gasteiger partial charge in [-0.3, -0.25) is 4.79 Å².